The quantitative estimate of drug-likeness (QED) is 0.543. The third-order valence-corrected chi connectivity index (χ3v) is 5.08. The van der Waals surface area contributed by atoms with Crippen LogP contribution in [-0.4, -0.2) is 23.0 Å². The first-order chi connectivity index (χ1) is 8.90. The van der Waals surface area contributed by atoms with Crippen LogP contribution >= 0.6 is 15.9 Å². The van der Waals surface area contributed by atoms with Crippen molar-refractivity contribution in [1.29, 1.82) is 0 Å². The van der Waals surface area contributed by atoms with Crippen LogP contribution in [0.2, 0.25) is 0 Å². The molecule has 0 fully saturated rings. The Hall–Kier alpha value is -0.510. The third-order valence-electron chi connectivity index (χ3n) is 4.17. The zero-order valence-electron chi connectivity index (χ0n) is 11.2. The van der Waals surface area contributed by atoms with Crippen molar-refractivity contribution < 1.29 is 13.6 Å². The molecular weight excluding hydrogens is 314 g/mol. The maximum absolute atomic E-state index is 13.5. The Labute approximate surface area is 121 Å². The van der Waals surface area contributed by atoms with Crippen LogP contribution in [0.1, 0.15) is 33.1 Å². The lowest BCUT2D eigenvalue weighted by Crippen LogP contribution is -2.31. The Morgan fingerprint density at radius 1 is 1.37 bits per heavy atom. The molecule has 19 heavy (non-hydrogen) atoms. The lowest BCUT2D eigenvalue weighted by molar-refractivity contribution is -0.114. The van der Waals surface area contributed by atoms with Gasteiger partial charge >= 0.3 is 0 Å². The molecular formula is C15H19BrF2O. The van der Waals surface area contributed by atoms with Gasteiger partial charge in [0, 0.05) is 11.2 Å². The summed E-state index contributed by atoms with van der Waals surface area (Å²) in [5.74, 6) is 0.447. The molecule has 0 saturated carbocycles. The van der Waals surface area contributed by atoms with Crippen molar-refractivity contribution in [1.82, 2.24) is 0 Å². The topological polar surface area (TPSA) is 17.1 Å². The standard InChI is InChI=1S/C15H19BrF2O/c1-8-5-12(13(16)7-11(8)9(2)19)10-3-4-14(17)15(18)6-10/h3,7-8,12-15H,4-6H2,1-2H3/t8-,12-,13?,14?,15+/m0/s1. The highest BCUT2D eigenvalue weighted by molar-refractivity contribution is 9.09. The molecule has 2 rings (SSSR count). The summed E-state index contributed by atoms with van der Waals surface area (Å²) >= 11 is 3.58. The van der Waals surface area contributed by atoms with Crippen LogP contribution in [-0.2, 0) is 4.79 Å². The molecule has 4 heteroatoms. The molecule has 0 N–H and O–H groups in total. The number of halogens is 3. The minimum absolute atomic E-state index is 0.0391. The number of ketones is 1. The second kappa shape index (κ2) is 5.86. The Morgan fingerprint density at radius 3 is 2.63 bits per heavy atom. The fraction of sp³-hybridized carbons (Fsp3) is 0.667. The molecule has 0 radical (unpaired) electrons. The summed E-state index contributed by atoms with van der Waals surface area (Å²) in [6, 6.07) is 0. The molecule has 0 bridgehead atoms. The first-order valence-corrected chi connectivity index (χ1v) is 7.65. The number of Topliss-reactive ketones (excluding diaryl/α,β-unsaturated/α-hetero) is 1. The highest BCUT2D eigenvalue weighted by Crippen LogP contribution is 2.41. The van der Waals surface area contributed by atoms with E-state index in [0.29, 0.717) is 0 Å². The van der Waals surface area contributed by atoms with E-state index >= 15 is 0 Å². The largest absolute Gasteiger partial charge is 0.295 e. The summed E-state index contributed by atoms with van der Waals surface area (Å²) in [6.07, 6.45) is 2.22. The minimum Gasteiger partial charge on any atom is -0.295 e. The average molecular weight is 333 g/mol. The normalized spacial score (nSPS) is 39.5. The minimum atomic E-state index is -1.38. The molecule has 2 aliphatic carbocycles. The number of hydrogen-bond donors (Lipinski definition) is 0. The highest BCUT2D eigenvalue weighted by Gasteiger charge is 2.35. The maximum Gasteiger partial charge on any atom is 0.155 e. The first-order valence-electron chi connectivity index (χ1n) is 6.74. The second-order valence-corrected chi connectivity index (χ2v) is 6.67. The molecule has 2 aliphatic rings. The van der Waals surface area contributed by atoms with Crippen molar-refractivity contribution in [3.63, 3.8) is 0 Å². The molecule has 106 valence electrons. The van der Waals surface area contributed by atoms with Gasteiger partial charge in [0.1, 0.15) is 12.3 Å². The fourth-order valence-corrected chi connectivity index (χ4v) is 3.90. The Bertz CT molecular complexity index is 430. The SMILES string of the molecule is CC(=O)C1=CC(Br)[C@H](C2=CCC(F)[C@H](F)C2)C[C@@H]1C. The summed E-state index contributed by atoms with van der Waals surface area (Å²) < 4.78 is 26.7. The summed E-state index contributed by atoms with van der Waals surface area (Å²) in [5, 5.41) is 0. The van der Waals surface area contributed by atoms with Gasteiger partial charge in [0.2, 0.25) is 0 Å². The fourth-order valence-electron chi connectivity index (χ4n) is 3.06. The van der Waals surface area contributed by atoms with Crippen LogP contribution in [0.15, 0.2) is 23.3 Å². The van der Waals surface area contributed by atoms with E-state index in [1.54, 1.807) is 6.92 Å². The Kier molecular flexibility index (Phi) is 4.59. The molecule has 0 heterocycles. The van der Waals surface area contributed by atoms with E-state index in [2.05, 4.69) is 15.9 Å². The highest BCUT2D eigenvalue weighted by atomic mass is 79.9. The third kappa shape index (κ3) is 3.15. The number of rotatable bonds is 2. The number of hydrogen-bond acceptors (Lipinski definition) is 1. The number of alkyl halides is 3. The van der Waals surface area contributed by atoms with E-state index in [-0.39, 0.29) is 35.3 Å². The van der Waals surface area contributed by atoms with Gasteiger partial charge in [-0.05, 0) is 37.2 Å². The molecule has 0 amide bonds. The van der Waals surface area contributed by atoms with E-state index in [1.165, 1.54) is 0 Å². The summed E-state index contributed by atoms with van der Waals surface area (Å²) in [7, 11) is 0. The lowest BCUT2D eigenvalue weighted by Gasteiger charge is -2.34. The maximum atomic E-state index is 13.5. The molecule has 5 atom stereocenters. The van der Waals surface area contributed by atoms with Gasteiger partial charge in [0.25, 0.3) is 0 Å². The zero-order chi connectivity index (χ0) is 14.2. The molecule has 0 spiro atoms. The lowest BCUT2D eigenvalue weighted by atomic mass is 9.74. The Balaban J connectivity index is 2.17. The number of carbonyl (C=O) groups excluding carboxylic acids is 1. The van der Waals surface area contributed by atoms with Crippen LogP contribution in [0.4, 0.5) is 8.78 Å². The van der Waals surface area contributed by atoms with E-state index < -0.39 is 12.3 Å². The first kappa shape index (κ1) is 14.9. The van der Waals surface area contributed by atoms with Crippen molar-refractivity contribution in [3.05, 3.63) is 23.3 Å². The van der Waals surface area contributed by atoms with Gasteiger partial charge < -0.3 is 0 Å². The van der Waals surface area contributed by atoms with E-state index in [4.69, 9.17) is 0 Å². The molecule has 2 unspecified atom stereocenters. The van der Waals surface area contributed by atoms with Crippen LogP contribution in [0.5, 0.6) is 0 Å². The van der Waals surface area contributed by atoms with E-state index in [0.717, 1.165) is 17.6 Å². The molecule has 0 aromatic carbocycles. The molecule has 0 aromatic heterocycles. The van der Waals surface area contributed by atoms with Crippen LogP contribution < -0.4 is 0 Å². The van der Waals surface area contributed by atoms with Gasteiger partial charge in [-0.3, -0.25) is 4.79 Å². The van der Waals surface area contributed by atoms with Gasteiger partial charge in [0.05, 0.1) is 0 Å². The summed E-state index contributed by atoms with van der Waals surface area (Å²) in [6.45, 7) is 3.60. The monoisotopic (exact) mass is 332 g/mol. The Morgan fingerprint density at radius 2 is 2.05 bits per heavy atom. The van der Waals surface area contributed by atoms with E-state index in [9.17, 15) is 13.6 Å². The summed E-state index contributed by atoms with van der Waals surface area (Å²) in [5.41, 5.74) is 1.84. The predicted molar refractivity (Wildman–Crippen MR) is 75.9 cm³/mol. The van der Waals surface area contributed by atoms with Gasteiger partial charge in [0.15, 0.2) is 5.78 Å². The van der Waals surface area contributed by atoms with Crippen molar-refractivity contribution in [2.75, 3.05) is 0 Å². The molecule has 0 saturated heterocycles. The average Bonchev–Trinajstić information content (AvgIpc) is 2.35. The van der Waals surface area contributed by atoms with Gasteiger partial charge in [-0.1, -0.05) is 40.6 Å². The van der Waals surface area contributed by atoms with Crippen LogP contribution in [0, 0.1) is 11.8 Å². The summed E-state index contributed by atoms with van der Waals surface area (Å²) in [4.78, 5) is 11.6. The van der Waals surface area contributed by atoms with Gasteiger partial charge in [-0.2, -0.15) is 0 Å². The number of carbonyl (C=O) groups is 1. The molecule has 0 aromatic rings. The second-order valence-electron chi connectivity index (χ2n) is 5.62. The smallest absolute Gasteiger partial charge is 0.155 e. The number of allylic oxidation sites excluding steroid dienone is 4. The van der Waals surface area contributed by atoms with Crippen molar-refractivity contribution in [3.8, 4) is 0 Å². The predicted octanol–water partition coefficient (Wildman–Crippen LogP) is 4.32. The van der Waals surface area contributed by atoms with E-state index in [1.807, 2.05) is 19.1 Å². The molecule has 0 aliphatic heterocycles. The van der Waals surface area contributed by atoms with Gasteiger partial charge in [-0.25, -0.2) is 8.78 Å². The van der Waals surface area contributed by atoms with Crippen molar-refractivity contribution in [2.24, 2.45) is 11.8 Å². The van der Waals surface area contributed by atoms with Crippen LogP contribution in [0.3, 0.4) is 0 Å². The zero-order valence-corrected chi connectivity index (χ0v) is 12.8. The van der Waals surface area contributed by atoms with Crippen LogP contribution in [0.25, 0.3) is 0 Å². The van der Waals surface area contributed by atoms with Crippen molar-refractivity contribution >= 4 is 21.7 Å². The van der Waals surface area contributed by atoms with Crippen molar-refractivity contribution in [2.45, 2.75) is 50.3 Å². The molecule has 1 nitrogen and oxygen atoms in total. The van der Waals surface area contributed by atoms with Gasteiger partial charge in [-0.15, -0.1) is 0 Å².